The molecule has 2 aromatic carbocycles. The van der Waals surface area contributed by atoms with E-state index >= 15 is 0 Å². The van der Waals surface area contributed by atoms with Crippen LogP contribution < -0.4 is 15.0 Å². The number of hydrogen-bond acceptors (Lipinski definition) is 3. The molecule has 1 fully saturated rings. The van der Waals surface area contributed by atoms with Crippen molar-refractivity contribution in [2.45, 2.75) is 26.8 Å². The topological polar surface area (TPSA) is 61.9 Å². The molecule has 0 aromatic heterocycles. The Morgan fingerprint density at radius 1 is 1.13 bits per heavy atom. The van der Waals surface area contributed by atoms with Gasteiger partial charge in [0.15, 0.2) is 11.6 Å². The summed E-state index contributed by atoms with van der Waals surface area (Å²) in [5.74, 6) is -1.67. The van der Waals surface area contributed by atoms with E-state index in [1.165, 1.54) is 13.2 Å². The zero-order chi connectivity index (χ0) is 21.8. The van der Waals surface area contributed by atoms with Crippen molar-refractivity contribution < 1.29 is 23.1 Å². The van der Waals surface area contributed by atoms with Gasteiger partial charge < -0.3 is 15.0 Å². The van der Waals surface area contributed by atoms with Crippen molar-refractivity contribution in [2.24, 2.45) is 5.92 Å². The van der Waals surface area contributed by atoms with Crippen LogP contribution in [0.5, 0.6) is 5.75 Å². The van der Waals surface area contributed by atoms with Crippen molar-refractivity contribution in [2.75, 3.05) is 30.4 Å². The Hall–Kier alpha value is -3.16. The summed E-state index contributed by atoms with van der Waals surface area (Å²) in [6.07, 6.45) is 0.696. The minimum Gasteiger partial charge on any atom is -0.495 e. The minimum atomic E-state index is -0.941. The molecular weight excluding hydrogens is 392 g/mol. The van der Waals surface area contributed by atoms with Crippen LogP contribution in [0.4, 0.5) is 25.0 Å². The number of anilines is 2. The van der Waals surface area contributed by atoms with Crippen LogP contribution in [-0.4, -0.2) is 37.0 Å². The van der Waals surface area contributed by atoms with E-state index in [-0.39, 0.29) is 24.4 Å². The van der Waals surface area contributed by atoms with E-state index in [2.05, 4.69) is 5.32 Å². The van der Waals surface area contributed by atoms with E-state index < -0.39 is 11.6 Å². The van der Waals surface area contributed by atoms with Crippen molar-refractivity contribution in [3.8, 4) is 5.75 Å². The zero-order valence-corrected chi connectivity index (χ0v) is 17.2. The van der Waals surface area contributed by atoms with Crippen LogP contribution in [0.2, 0.25) is 0 Å². The van der Waals surface area contributed by atoms with Crippen molar-refractivity contribution in [1.29, 1.82) is 0 Å². The Labute approximate surface area is 174 Å². The summed E-state index contributed by atoms with van der Waals surface area (Å²) in [6.45, 7) is 4.73. The van der Waals surface area contributed by atoms with Crippen LogP contribution in [0.1, 0.15) is 25.8 Å². The highest BCUT2D eigenvalue weighted by Gasteiger charge is 2.29. The van der Waals surface area contributed by atoms with Gasteiger partial charge in [-0.25, -0.2) is 13.6 Å². The number of nitrogens with zero attached hydrogens (tertiary/aromatic N) is 2. The SMILES string of the molecule is COc1ccc(NC(=O)C(C)C)cc1N1CCCN(Cc2ccc(F)c(F)c2)C1=O. The number of halogens is 2. The molecule has 0 radical (unpaired) electrons. The maximum atomic E-state index is 13.5. The molecule has 8 heteroatoms. The molecule has 1 N–H and O–H groups in total. The molecule has 2 aromatic rings. The van der Waals surface area contributed by atoms with E-state index in [0.717, 1.165) is 12.1 Å². The number of rotatable bonds is 6. The number of nitrogens with one attached hydrogen (secondary N) is 1. The van der Waals surface area contributed by atoms with Gasteiger partial charge in [-0.1, -0.05) is 19.9 Å². The molecule has 30 heavy (non-hydrogen) atoms. The van der Waals surface area contributed by atoms with Crippen molar-refractivity contribution in [1.82, 2.24) is 4.90 Å². The number of benzene rings is 2. The van der Waals surface area contributed by atoms with E-state index in [0.29, 0.717) is 42.2 Å². The molecule has 1 heterocycles. The van der Waals surface area contributed by atoms with Gasteiger partial charge in [-0.05, 0) is 42.3 Å². The zero-order valence-electron chi connectivity index (χ0n) is 17.2. The van der Waals surface area contributed by atoms with Crippen LogP contribution in [-0.2, 0) is 11.3 Å². The molecule has 3 amide bonds. The first-order valence-corrected chi connectivity index (χ1v) is 9.79. The van der Waals surface area contributed by atoms with Crippen LogP contribution in [0.25, 0.3) is 0 Å². The molecular formula is C22H25F2N3O3. The minimum absolute atomic E-state index is 0.129. The highest BCUT2D eigenvalue weighted by Crippen LogP contribution is 2.34. The normalized spacial score (nSPS) is 14.3. The second kappa shape index (κ2) is 9.11. The molecule has 0 aliphatic carbocycles. The summed E-state index contributed by atoms with van der Waals surface area (Å²) in [6, 6.07) is 8.48. The third kappa shape index (κ3) is 4.69. The molecule has 0 bridgehead atoms. The summed E-state index contributed by atoms with van der Waals surface area (Å²) in [4.78, 5) is 28.3. The van der Waals surface area contributed by atoms with Gasteiger partial charge >= 0.3 is 6.03 Å². The Morgan fingerprint density at radius 2 is 1.90 bits per heavy atom. The van der Waals surface area contributed by atoms with E-state index in [4.69, 9.17) is 4.74 Å². The molecule has 6 nitrogen and oxygen atoms in total. The van der Waals surface area contributed by atoms with E-state index in [9.17, 15) is 18.4 Å². The third-order valence-corrected chi connectivity index (χ3v) is 4.93. The van der Waals surface area contributed by atoms with Gasteiger partial charge in [-0.2, -0.15) is 0 Å². The van der Waals surface area contributed by atoms with Crippen LogP contribution in [0.15, 0.2) is 36.4 Å². The first-order chi connectivity index (χ1) is 14.3. The fraction of sp³-hybridized carbons (Fsp3) is 0.364. The number of hydrogen-bond donors (Lipinski definition) is 1. The van der Waals surface area contributed by atoms with E-state index in [1.807, 2.05) is 0 Å². The van der Waals surface area contributed by atoms with Crippen LogP contribution in [0.3, 0.4) is 0 Å². The smallest absolute Gasteiger partial charge is 0.324 e. The van der Waals surface area contributed by atoms with Crippen molar-refractivity contribution in [3.05, 3.63) is 53.6 Å². The largest absolute Gasteiger partial charge is 0.495 e. The summed E-state index contributed by atoms with van der Waals surface area (Å²) in [5.41, 5.74) is 1.61. The molecule has 3 rings (SSSR count). The molecule has 160 valence electrons. The molecule has 1 aliphatic rings. The van der Waals surface area contributed by atoms with E-state index in [1.54, 1.807) is 41.8 Å². The fourth-order valence-electron chi connectivity index (χ4n) is 3.28. The molecule has 0 atom stereocenters. The predicted octanol–water partition coefficient (Wildman–Crippen LogP) is 4.40. The molecule has 0 unspecified atom stereocenters. The average molecular weight is 417 g/mol. The summed E-state index contributed by atoms with van der Waals surface area (Å²) < 4.78 is 32.1. The lowest BCUT2D eigenvalue weighted by Gasteiger charge is -2.36. The first kappa shape index (κ1) is 21.5. The maximum absolute atomic E-state index is 13.5. The van der Waals surface area contributed by atoms with Gasteiger partial charge in [-0.3, -0.25) is 9.69 Å². The average Bonchev–Trinajstić information content (AvgIpc) is 2.72. The number of ether oxygens (including phenoxy) is 1. The molecule has 1 saturated heterocycles. The van der Waals surface area contributed by atoms with Gasteiger partial charge in [0.25, 0.3) is 0 Å². The third-order valence-electron chi connectivity index (χ3n) is 4.93. The highest BCUT2D eigenvalue weighted by atomic mass is 19.2. The quantitative estimate of drug-likeness (QED) is 0.758. The van der Waals surface area contributed by atoms with Crippen LogP contribution >= 0.6 is 0 Å². The Balaban J connectivity index is 1.84. The molecule has 0 spiro atoms. The summed E-state index contributed by atoms with van der Waals surface area (Å²) >= 11 is 0. The molecule has 1 aliphatic heterocycles. The predicted molar refractivity (Wildman–Crippen MR) is 111 cm³/mol. The lowest BCUT2D eigenvalue weighted by atomic mass is 10.1. The van der Waals surface area contributed by atoms with Crippen LogP contribution in [0, 0.1) is 17.6 Å². The van der Waals surface area contributed by atoms with Gasteiger partial charge in [0, 0.05) is 31.2 Å². The number of methoxy groups -OCH3 is 1. The summed E-state index contributed by atoms with van der Waals surface area (Å²) in [5, 5.41) is 2.83. The Kier molecular flexibility index (Phi) is 6.54. The second-order valence-corrected chi connectivity index (χ2v) is 7.49. The Bertz CT molecular complexity index is 949. The molecule has 0 saturated carbocycles. The standard InChI is InChI=1S/C22H25F2N3O3/c1-14(2)21(28)25-16-6-8-20(30-3)19(12-16)27-10-4-9-26(22(27)29)13-15-5-7-17(23)18(24)11-15/h5-8,11-12,14H,4,9-10,13H2,1-3H3,(H,25,28). The van der Waals surface area contributed by atoms with Gasteiger partial charge in [0.2, 0.25) is 5.91 Å². The lowest BCUT2D eigenvalue weighted by Crippen LogP contribution is -2.49. The number of carbonyl (C=O) groups is 2. The van der Waals surface area contributed by atoms with Crippen molar-refractivity contribution >= 4 is 23.3 Å². The number of urea groups is 1. The Morgan fingerprint density at radius 3 is 2.57 bits per heavy atom. The maximum Gasteiger partial charge on any atom is 0.324 e. The van der Waals surface area contributed by atoms with Gasteiger partial charge in [0.05, 0.1) is 12.8 Å². The number of carbonyl (C=O) groups excluding carboxylic acids is 2. The van der Waals surface area contributed by atoms with Crippen molar-refractivity contribution in [3.63, 3.8) is 0 Å². The van der Waals surface area contributed by atoms with Gasteiger partial charge in [0.1, 0.15) is 5.75 Å². The fourth-order valence-corrected chi connectivity index (χ4v) is 3.28. The number of amides is 3. The summed E-state index contributed by atoms with van der Waals surface area (Å²) in [7, 11) is 1.51. The monoisotopic (exact) mass is 417 g/mol. The lowest BCUT2D eigenvalue weighted by molar-refractivity contribution is -0.118. The highest BCUT2D eigenvalue weighted by molar-refractivity contribution is 5.97. The first-order valence-electron chi connectivity index (χ1n) is 9.79. The second-order valence-electron chi connectivity index (χ2n) is 7.49. The van der Waals surface area contributed by atoms with Gasteiger partial charge in [-0.15, -0.1) is 0 Å².